The van der Waals surface area contributed by atoms with Crippen molar-refractivity contribution in [2.75, 3.05) is 23.9 Å². The molecule has 0 radical (unpaired) electrons. The van der Waals surface area contributed by atoms with Gasteiger partial charge in [0.15, 0.2) is 6.61 Å². The maximum absolute atomic E-state index is 13.5. The average molecular weight is 525 g/mol. The molecule has 3 fully saturated rings. The average Bonchev–Trinajstić information content (AvgIpc) is 3.64. The largest absolute Gasteiger partial charge is 0.495 e. The highest BCUT2D eigenvalue weighted by atomic mass is 16.5. The molecule has 1 aliphatic heterocycles. The normalized spacial score (nSPS) is 24.9. The molecule has 8 heteroatoms. The molecular weight excluding hydrogens is 496 g/mol. The molecule has 0 spiro atoms. The molecule has 3 aromatic rings. The second-order valence-corrected chi connectivity index (χ2v) is 10.3. The van der Waals surface area contributed by atoms with Gasteiger partial charge in [-0.3, -0.25) is 19.3 Å². The van der Waals surface area contributed by atoms with Gasteiger partial charge in [0.05, 0.1) is 35.9 Å². The Balaban J connectivity index is 1.10. The Hall–Kier alpha value is -4.46. The Morgan fingerprint density at radius 1 is 0.872 bits per heavy atom. The standard InChI is InChI=1S/C31H28N2O6/c1-38-25-10-6-5-9-24(25)32-26(34)17-39-31(37)19-11-13-21(14-12-19)33-29(35)27-20-15-22(18-7-3-2-4-8-18)23(16-20)28(27)30(33)36/h2-14,20,22-23,27-28H,15-17H2,1H3,(H,32,34)/t20-,22+,23+,27+,28+/m0/s1. The van der Waals surface area contributed by atoms with E-state index in [1.807, 2.05) is 18.2 Å². The smallest absolute Gasteiger partial charge is 0.338 e. The molecule has 3 aliphatic rings. The van der Waals surface area contributed by atoms with E-state index in [-0.39, 0.29) is 41.0 Å². The van der Waals surface area contributed by atoms with Crippen LogP contribution in [0.25, 0.3) is 0 Å². The minimum atomic E-state index is -0.684. The van der Waals surface area contributed by atoms with Crippen LogP contribution >= 0.6 is 0 Å². The minimum absolute atomic E-state index is 0.146. The number of fused-ring (bicyclic) bond motifs is 5. The molecular formula is C31H28N2O6. The van der Waals surface area contributed by atoms with Gasteiger partial charge < -0.3 is 14.8 Å². The summed E-state index contributed by atoms with van der Waals surface area (Å²) in [5.74, 6) is -0.888. The SMILES string of the molecule is COc1ccccc1NC(=O)COC(=O)c1ccc(N2C(=O)[C@@H]3[C@@H]4C[C@@H]([C@H]3C2=O)[C@@H](c2ccccc2)C4)cc1. The van der Waals surface area contributed by atoms with Gasteiger partial charge in [0.2, 0.25) is 11.8 Å². The summed E-state index contributed by atoms with van der Waals surface area (Å²) in [4.78, 5) is 53.0. The number of hydrogen-bond acceptors (Lipinski definition) is 6. The van der Waals surface area contributed by atoms with Crippen molar-refractivity contribution in [3.63, 3.8) is 0 Å². The van der Waals surface area contributed by atoms with Crippen LogP contribution in [0.3, 0.4) is 0 Å². The second kappa shape index (κ2) is 10.0. The summed E-state index contributed by atoms with van der Waals surface area (Å²) in [5, 5.41) is 2.65. The fourth-order valence-corrected chi connectivity index (χ4v) is 6.69. The summed E-state index contributed by atoms with van der Waals surface area (Å²) in [6.45, 7) is -0.476. The molecule has 3 amide bonds. The fourth-order valence-electron chi connectivity index (χ4n) is 6.69. The van der Waals surface area contributed by atoms with Crippen molar-refractivity contribution in [1.29, 1.82) is 0 Å². The number of carbonyl (C=O) groups is 4. The van der Waals surface area contributed by atoms with E-state index in [1.165, 1.54) is 29.7 Å². The van der Waals surface area contributed by atoms with Gasteiger partial charge in [-0.05, 0) is 72.6 Å². The van der Waals surface area contributed by atoms with Gasteiger partial charge in [0.1, 0.15) is 5.75 Å². The number of esters is 1. The number of carbonyl (C=O) groups excluding carboxylic acids is 4. The van der Waals surface area contributed by atoms with Crippen LogP contribution in [0.4, 0.5) is 11.4 Å². The molecule has 39 heavy (non-hydrogen) atoms. The van der Waals surface area contributed by atoms with Crippen molar-refractivity contribution in [2.24, 2.45) is 23.7 Å². The number of rotatable bonds is 7. The lowest BCUT2D eigenvalue weighted by molar-refractivity contribution is -0.123. The highest BCUT2D eigenvalue weighted by Gasteiger charge is 2.64. The maximum Gasteiger partial charge on any atom is 0.338 e. The summed E-state index contributed by atoms with van der Waals surface area (Å²) in [5.41, 5.74) is 2.37. The van der Waals surface area contributed by atoms with Gasteiger partial charge in [0.25, 0.3) is 5.91 Å². The molecule has 2 saturated carbocycles. The first-order valence-electron chi connectivity index (χ1n) is 13.1. The van der Waals surface area contributed by atoms with Crippen molar-refractivity contribution in [3.05, 3.63) is 90.0 Å². The first-order valence-corrected chi connectivity index (χ1v) is 13.1. The third-order valence-electron chi connectivity index (χ3n) is 8.32. The van der Waals surface area contributed by atoms with Crippen molar-refractivity contribution < 1.29 is 28.7 Å². The van der Waals surface area contributed by atoms with Crippen LogP contribution in [0.15, 0.2) is 78.9 Å². The molecule has 5 atom stereocenters. The summed E-state index contributed by atoms with van der Waals surface area (Å²) >= 11 is 0. The third kappa shape index (κ3) is 4.35. The van der Waals surface area contributed by atoms with Crippen molar-refractivity contribution in [1.82, 2.24) is 0 Å². The van der Waals surface area contributed by atoms with Crippen LogP contribution in [0.5, 0.6) is 5.75 Å². The van der Waals surface area contributed by atoms with E-state index in [4.69, 9.17) is 9.47 Å². The van der Waals surface area contributed by atoms with Gasteiger partial charge >= 0.3 is 5.97 Å². The van der Waals surface area contributed by atoms with E-state index in [0.717, 1.165) is 12.8 Å². The van der Waals surface area contributed by atoms with E-state index < -0.39 is 18.5 Å². The quantitative estimate of drug-likeness (QED) is 0.363. The predicted octanol–water partition coefficient (Wildman–Crippen LogP) is 4.42. The van der Waals surface area contributed by atoms with Gasteiger partial charge in [-0.1, -0.05) is 42.5 Å². The van der Waals surface area contributed by atoms with Crippen LogP contribution in [-0.2, 0) is 19.1 Å². The number of hydrogen-bond donors (Lipinski definition) is 1. The van der Waals surface area contributed by atoms with Crippen LogP contribution in [0, 0.1) is 23.7 Å². The van der Waals surface area contributed by atoms with Crippen molar-refractivity contribution >= 4 is 35.1 Å². The number of methoxy groups -OCH3 is 1. The fraction of sp³-hybridized carbons (Fsp3) is 0.290. The lowest BCUT2D eigenvalue weighted by atomic mass is 9.73. The second-order valence-electron chi connectivity index (χ2n) is 10.3. The van der Waals surface area contributed by atoms with Crippen LogP contribution in [-0.4, -0.2) is 37.4 Å². The molecule has 198 valence electrons. The highest BCUT2D eigenvalue weighted by molar-refractivity contribution is 6.22. The molecule has 1 N–H and O–H groups in total. The van der Waals surface area contributed by atoms with Gasteiger partial charge in [-0.2, -0.15) is 0 Å². The highest BCUT2D eigenvalue weighted by Crippen LogP contribution is 2.61. The van der Waals surface area contributed by atoms with E-state index in [0.29, 0.717) is 23.0 Å². The van der Waals surface area contributed by atoms with Gasteiger partial charge in [-0.25, -0.2) is 4.79 Å². The summed E-state index contributed by atoms with van der Waals surface area (Å²) in [6.07, 6.45) is 1.84. The minimum Gasteiger partial charge on any atom is -0.495 e. The van der Waals surface area contributed by atoms with E-state index in [1.54, 1.807) is 36.4 Å². The lowest BCUT2D eigenvalue weighted by Crippen LogP contribution is -2.33. The Labute approximate surface area is 225 Å². The van der Waals surface area contributed by atoms with E-state index >= 15 is 0 Å². The Morgan fingerprint density at radius 2 is 1.56 bits per heavy atom. The zero-order valence-corrected chi connectivity index (χ0v) is 21.4. The maximum atomic E-state index is 13.5. The van der Waals surface area contributed by atoms with Crippen LogP contribution in [0.2, 0.25) is 0 Å². The first-order chi connectivity index (χ1) is 19.0. The number of para-hydroxylation sites is 2. The summed E-state index contributed by atoms with van der Waals surface area (Å²) in [6, 6.07) is 23.3. The molecule has 0 unspecified atom stereocenters. The molecule has 3 aromatic carbocycles. The molecule has 6 rings (SSSR count). The Bertz CT molecular complexity index is 1440. The molecule has 0 aromatic heterocycles. The molecule has 2 bridgehead atoms. The third-order valence-corrected chi connectivity index (χ3v) is 8.32. The van der Waals surface area contributed by atoms with Gasteiger partial charge in [0, 0.05) is 0 Å². The zero-order valence-electron chi connectivity index (χ0n) is 21.4. The summed E-state index contributed by atoms with van der Waals surface area (Å²) < 4.78 is 10.4. The topological polar surface area (TPSA) is 102 Å². The molecule has 1 saturated heterocycles. The number of anilines is 2. The molecule has 8 nitrogen and oxygen atoms in total. The first kappa shape index (κ1) is 24.9. The summed E-state index contributed by atoms with van der Waals surface area (Å²) in [7, 11) is 1.50. The number of ether oxygens (including phenoxy) is 2. The Morgan fingerprint density at radius 3 is 2.31 bits per heavy atom. The van der Waals surface area contributed by atoms with E-state index in [2.05, 4.69) is 17.4 Å². The van der Waals surface area contributed by atoms with Crippen molar-refractivity contribution in [2.45, 2.75) is 18.8 Å². The monoisotopic (exact) mass is 524 g/mol. The zero-order chi connectivity index (χ0) is 27.1. The number of nitrogens with zero attached hydrogens (tertiary/aromatic N) is 1. The number of amides is 3. The predicted molar refractivity (Wildman–Crippen MR) is 143 cm³/mol. The van der Waals surface area contributed by atoms with Crippen LogP contribution in [0.1, 0.15) is 34.7 Å². The molecule has 1 heterocycles. The van der Waals surface area contributed by atoms with Crippen molar-refractivity contribution in [3.8, 4) is 5.75 Å². The van der Waals surface area contributed by atoms with E-state index in [9.17, 15) is 19.2 Å². The number of imide groups is 1. The van der Waals surface area contributed by atoms with Gasteiger partial charge in [-0.15, -0.1) is 0 Å². The molecule has 2 aliphatic carbocycles. The van der Waals surface area contributed by atoms with Crippen LogP contribution < -0.4 is 15.0 Å². The Kier molecular flexibility index (Phi) is 6.38. The lowest BCUT2D eigenvalue weighted by Gasteiger charge is -2.28. The number of nitrogens with one attached hydrogen (secondary N) is 1. The number of benzene rings is 3.